The molecule has 7 heteroatoms. The Morgan fingerprint density at radius 2 is 1.89 bits per heavy atom. The molecule has 0 saturated carbocycles. The Morgan fingerprint density at radius 1 is 1.26 bits per heavy atom. The van der Waals surface area contributed by atoms with Crippen molar-refractivity contribution >= 4 is 27.5 Å². The summed E-state index contributed by atoms with van der Waals surface area (Å²) in [6, 6.07) is 3.24. The van der Waals surface area contributed by atoms with E-state index >= 15 is 0 Å². The molecule has 1 aromatic rings. The van der Waals surface area contributed by atoms with Crippen molar-refractivity contribution in [3.05, 3.63) is 22.7 Å². The third-order valence-electron chi connectivity index (χ3n) is 2.53. The van der Waals surface area contributed by atoms with E-state index in [2.05, 4.69) is 15.9 Å². The van der Waals surface area contributed by atoms with E-state index in [9.17, 15) is 13.2 Å². The Labute approximate surface area is 123 Å². The molecule has 108 valence electrons. The van der Waals surface area contributed by atoms with Crippen LogP contribution in [-0.2, 0) is 0 Å². The highest BCUT2D eigenvalue weighted by molar-refractivity contribution is 9.09. The Kier molecular flexibility index (Phi) is 5.80. The van der Waals surface area contributed by atoms with Crippen LogP contribution in [0.1, 0.15) is 23.2 Å². The van der Waals surface area contributed by atoms with Crippen molar-refractivity contribution in [2.45, 2.75) is 23.8 Å². The number of rotatable bonds is 5. The van der Waals surface area contributed by atoms with Gasteiger partial charge in [-0.2, -0.15) is 13.2 Å². The molecule has 0 fully saturated rings. The summed E-state index contributed by atoms with van der Waals surface area (Å²) in [4.78, 5) is -0.493. The van der Waals surface area contributed by atoms with Gasteiger partial charge in [0.2, 0.25) is 0 Å². The van der Waals surface area contributed by atoms with Crippen molar-refractivity contribution in [2.75, 3.05) is 14.2 Å². The quantitative estimate of drug-likeness (QED) is 0.676. The van der Waals surface area contributed by atoms with Gasteiger partial charge in [-0.05, 0) is 12.5 Å². The van der Waals surface area contributed by atoms with Crippen molar-refractivity contribution < 1.29 is 22.6 Å². The van der Waals surface area contributed by atoms with Gasteiger partial charge in [-0.25, -0.2) is 0 Å². The summed E-state index contributed by atoms with van der Waals surface area (Å²) >= 11 is 9.29. The average molecular weight is 362 g/mol. The number of benzene rings is 1. The second kappa shape index (κ2) is 6.70. The number of hydrogen-bond acceptors (Lipinski definition) is 2. The average Bonchev–Trinajstić information content (AvgIpc) is 2.34. The number of hydrogen-bond donors (Lipinski definition) is 0. The van der Waals surface area contributed by atoms with Crippen LogP contribution >= 0.6 is 27.5 Å². The van der Waals surface area contributed by atoms with E-state index in [1.54, 1.807) is 12.1 Å². The lowest BCUT2D eigenvalue weighted by Gasteiger charge is -2.17. The molecule has 1 rings (SSSR count). The molecule has 2 nitrogen and oxygen atoms in total. The van der Waals surface area contributed by atoms with E-state index in [0.29, 0.717) is 17.1 Å². The smallest absolute Gasteiger partial charge is 0.389 e. The first kappa shape index (κ1) is 16.4. The van der Waals surface area contributed by atoms with Crippen LogP contribution in [0.25, 0.3) is 0 Å². The van der Waals surface area contributed by atoms with E-state index in [0.717, 1.165) is 0 Å². The van der Waals surface area contributed by atoms with Gasteiger partial charge in [0.1, 0.15) is 16.5 Å². The fraction of sp³-hybridized carbons (Fsp3) is 0.500. The molecule has 0 amide bonds. The van der Waals surface area contributed by atoms with E-state index in [1.807, 2.05) is 0 Å². The summed E-state index contributed by atoms with van der Waals surface area (Å²) in [6.45, 7) is 0. The van der Waals surface area contributed by atoms with Crippen molar-refractivity contribution in [1.29, 1.82) is 0 Å². The van der Waals surface area contributed by atoms with Crippen LogP contribution in [-0.4, -0.2) is 20.4 Å². The molecule has 0 radical (unpaired) electrons. The van der Waals surface area contributed by atoms with Crippen LogP contribution in [0.2, 0.25) is 5.02 Å². The van der Waals surface area contributed by atoms with Crippen molar-refractivity contribution in [3.63, 3.8) is 0 Å². The molecule has 0 bridgehead atoms. The second-order valence-corrected chi connectivity index (χ2v) is 5.31. The van der Waals surface area contributed by atoms with E-state index in [4.69, 9.17) is 21.1 Å². The molecule has 1 atom stereocenters. The summed E-state index contributed by atoms with van der Waals surface area (Å²) in [5.41, 5.74) is 0.567. The number of halogens is 5. The van der Waals surface area contributed by atoms with Gasteiger partial charge in [0.25, 0.3) is 0 Å². The number of methoxy groups -OCH3 is 2. The van der Waals surface area contributed by atoms with Crippen LogP contribution < -0.4 is 9.47 Å². The summed E-state index contributed by atoms with van der Waals surface area (Å²) in [5, 5.41) is 0.249. The molecule has 0 aliphatic heterocycles. The first-order valence-corrected chi connectivity index (χ1v) is 6.70. The van der Waals surface area contributed by atoms with Gasteiger partial charge in [-0.15, -0.1) is 0 Å². The van der Waals surface area contributed by atoms with Crippen LogP contribution in [0.4, 0.5) is 13.2 Å². The van der Waals surface area contributed by atoms with Gasteiger partial charge in [0, 0.05) is 16.8 Å². The lowest BCUT2D eigenvalue weighted by Crippen LogP contribution is -2.08. The van der Waals surface area contributed by atoms with Gasteiger partial charge < -0.3 is 9.47 Å². The monoisotopic (exact) mass is 360 g/mol. The summed E-state index contributed by atoms with van der Waals surface area (Å²) in [6.07, 6.45) is -5.16. The molecule has 0 saturated heterocycles. The number of alkyl halides is 4. The molecular weight excluding hydrogens is 348 g/mol. The lowest BCUT2D eigenvalue weighted by atomic mass is 10.1. The first-order chi connectivity index (χ1) is 8.80. The van der Waals surface area contributed by atoms with E-state index in [-0.39, 0.29) is 11.4 Å². The largest absolute Gasteiger partial charge is 0.495 e. The fourth-order valence-corrected chi connectivity index (χ4v) is 2.53. The van der Waals surface area contributed by atoms with Crippen LogP contribution in [0.3, 0.4) is 0 Å². The maximum absolute atomic E-state index is 12.2. The fourth-order valence-electron chi connectivity index (χ4n) is 1.61. The predicted octanol–water partition coefficient (Wildman–Crippen LogP) is 5.14. The molecule has 0 aliphatic carbocycles. The van der Waals surface area contributed by atoms with Crippen LogP contribution in [0.5, 0.6) is 11.5 Å². The topological polar surface area (TPSA) is 18.5 Å². The molecule has 1 aromatic carbocycles. The van der Waals surface area contributed by atoms with Crippen molar-refractivity contribution in [1.82, 2.24) is 0 Å². The molecule has 1 unspecified atom stereocenters. The highest BCUT2D eigenvalue weighted by Crippen LogP contribution is 2.44. The molecule has 0 heterocycles. The van der Waals surface area contributed by atoms with Gasteiger partial charge in [-0.3, -0.25) is 0 Å². The second-order valence-electron chi connectivity index (χ2n) is 3.83. The summed E-state index contributed by atoms with van der Waals surface area (Å²) < 4.78 is 46.8. The van der Waals surface area contributed by atoms with Crippen molar-refractivity contribution in [2.24, 2.45) is 0 Å². The zero-order chi connectivity index (χ0) is 14.6. The van der Waals surface area contributed by atoms with Gasteiger partial charge >= 0.3 is 6.18 Å². The SMILES string of the molecule is COc1ccc(C(Br)CCC(F)(F)F)c(OC)c1Cl. The highest BCUT2D eigenvalue weighted by atomic mass is 79.9. The van der Waals surface area contributed by atoms with Gasteiger partial charge in [-0.1, -0.05) is 33.6 Å². The van der Waals surface area contributed by atoms with Crippen LogP contribution in [0.15, 0.2) is 12.1 Å². The minimum Gasteiger partial charge on any atom is -0.495 e. The maximum atomic E-state index is 12.2. The standard InChI is InChI=1S/C12H13BrClF3O2/c1-18-9-4-3-7(11(19-2)10(9)14)8(13)5-6-12(15,16)17/h3-4,8H,5-6H2,1-2H3. The van der Waals surface area contributed by atoms with Gasteiger partial charge in [0.15, 0.2) is 0 Å². The van der Waals surface area contributed by atoms with Crippen molar-refractivity contribution in [3.8, 4) is 11.5 Å². The zero-order valence-electron chi connectivity index (χ0n) is 10.4. The Balaban J connectivity index is 2.97. The van der Waals surface area contributed by atoms with Crippen LogP contribution in [0, 0.1) is 0 Å². The first-order valence-electron chi connectivity index (χ1n) is 5.41. The molecule has 0 spiro atoms. The summed E-state index contributed by atoms with van der Waals surface area (Å²) in [7, 11) is 2.86. The molecular formula is C12H13BrClF3O2. The van der Waals surface area contributed by atoms with E-state index in [1.165, 1.54) is 14.2 Å². The third-order valence-corrected chi connectivity index (χ3v) is 3.84. The zero-order valence-corrected chi connectivity index (χ0v) is 12.7. The minimum atomic E-state index is -4.18. The Bertz CT molecular complexity index is 438. The minimum absolute atomic E-state index is 0.0947. The Hall–Kier alpha value is -0.620. The third kappa shape index (κ3) is 4.45. The molecule has 0 aliphatic rings. The molecule has 0 N–H and O–H groups in total. The molecule has 19 heavy (non-hydrogen) atoms. The van der Waals surface area contributed by atoms with E-state index < -0.39 is 17.4 Å². The van der Waals surface area contributed by atoms with Gasteiger partial charge in [0.05, 0.1) is 14.2 Å². The lowest BCUT2D eigenvalue weighted by molar-refractivity contribution is -0.135. The Morgan fingerprint density at radius 3 is 2.37 bits per heavy atom. The maximum Gasteiger partial charge on any atom is 0.389 e. The predicted molar refractivity (Wildman–Crippen MR) is 71.5 cm³/mol. The molecule has 0 aromatic heterocycles. The number of ether oxygens (including phenoxy) is 2. The normalized spacial score (nSPS) is 13.2. The highest BCUT2D eigenvalue weighted by Gasteiger charge is 2.29. The summed E-state index contributed by atoms with van der Waals surface area (Å²) in [5.74, 6) is 0.739.